The number of ether oxygens (including phenoxy) is 1. The smallest absolute Gasteiger partial charge is 0.291 e. The number of amides is 1. The fourth-order valence-electron chi connectivity index (χ4n) is 1.93. The number of hydrogen-bond acceptors (Lipinski definition) is 4. The van der Waals surface area contributed by atoms with Crippen molar-refractivity contribution in [1.29, 1.82) is 0 Å². The van der Waals surface area contributed by atoms with Crippen molar-refractivity contribution in [3.8, 4) is 5.75 Å². The molecule has 1 aromatic carbocycles. The molecule has 0 saturated carbocycles. The Balaban J connectivity index is 1.90. The molecular formula is C16H19ClN2O3. The lowest BCUT2D eigenvalue weighted by Gasteiger charge is -2.16. The molecule has 0 aliphatic rings. The molecule has 0 atom stereocenters. The molecule has 0 bridgehead atoms. The zero-order chi connectivity index (χ0) is 16.1. The Labute approximate surface area is 134 Å². The van der Waals surface area contributed by atoms with Crippen LogP contribution in [0.3, 0.4) is 0 Å². The normalized spacial score (nSPS) is 10.5. The van der Waals surface area contributed by atoms with Crippen LogP contribution in [-0.2, 0) is 6.42 Å². The minimum atomic E-state index is -0.195. The van der Waals surface area contributed by atoms with Gasteiger partial charge in [0, 0.05) is 18.5 Å². The summed E-state index contributed by atoms with van der Waals surface area (Å²) in [6.45, 7) is 4.51. The molecule has 2 aromatic rings. The van der Waals surface area contributed by atoms with E-state index in [1.54, 1.807) is 31.0 Å². The van der Waals surface area contributed by atoms with Crippen LogP contribution in [0.2, 0.25) is 5.02 Å². The van der Waals surface area contributed by atoms with Crippen molar-refractivity contribution in [2.45, 2.75) is 20.3 Å². The number of rotatable bonds is 6. The van der Waals surface area contributed by atoms with E-state index in [1.165, 1.54) is 0 Å². The lowest BCUT2D eigenvalue weighted by atomic mass is 10.3. The Hall–Kier alpha value is -2.01. The van der Waals surface area contributed by atoms with E-state index >= 15 is 0 Å². The number of carbonyl (C=O) groups excluding carboxylic acids is 1. The molecule has 5 nitrogen and oxygen atoms in total. The molecular weight excluding hydrogens is 304 g/mol. The van der Waals surface area contributed by atoms with Crippen LogP contribution in [0, 0.1) is 6.92 Å². The fraction of sp³-hybridized carbons (Fsp3) is 0.375. The number of nitrogens with zero attached hydrogens (tertiary/aromatic N) is 2. The van der Waals surface area contributed by atoms with Gasteiger partial charge in [-0.05, 0) is 25.1 Å². The third-order valence-corrected chi connectivity index (χ3v) is 3.41. The summed E-state index contributed by atoms with van der Waals surface area (Å²) in [5.74, 6) is 1.35. The highest BCUT2D eigenvalue weighted by molar-refractivity contribution is 6.30. The maximum absolute atomic E-state index is 12.3. The molecule has 1 aromatic heterocycles. The second-order valence-corrected chi connectivity index (χ2v) is 5.34. The molecule has 1 amide bonds. The summed E-state index contributed by atoms with van der Waals surface area (Å²) in [4.78, 5) is 18.1. The topological polar surface area (TPSA) is 55.6 Å². The van der Waals surface area contributed by atoms with Gasteiger partial charge in [0.25, 0.3) is 5.91 Å². The predicted molar refractivity (Wildman–Crippen MR) is 84.5 cm³/mol. The van der Waals surface area contributed by atoms with E-state index in [0.29, 0.717) is 47.7 Å². The van der Waals surface area contributed by atoms with Crippen LogP contribution in [0.4, 0.5) is 0 Å². The van der Waals surface area contributed by atoms with E-state index in [0.717, 1.165) is 0 Å². The van der Waals surface area contributed by atoms with Crippen LogP contribution in [-0.4, -0.2) is 36.0 Å². The molecule has 22 heavy (non-hydrogen) atoms. The van der Waals surface area contributed by atoms with E-state index in [9.17, 15) is 4.79 Å². The molecule has 1 heterocycles. The number of oxazole rings is 1. The van der Waals surface area contributed by atoms with E-state index < -0.39 is 0 Å². The second-order valence-electron chi connectivity index (χ2n) is 4.91. The fourth-order valence-corrected chi connectivity index (χ4v) is 2.11. The molecule has 6 heteroatoms. The summed E-state index contributed by atoms with van der Waals surface area (Å²) in [5.41, 5.74) is 0.615. The average molecular weight is 323 g/mol. The van der Waals surface area contributed by atoms with Crippen LogP contribution in [0.1, 0.15) is 29.1 Å². The lowest BCUT2D eigenvalue weighted by molar-refractivity contribution is 0.0739. The zero-order valence-corrected chi connectivity index (χ0v) is 13.7. The number of aryl methyl sites for hydroxylation is 2. The monoisotopic (exact) mass is 322 g/mol. The highest BCUT2D eigenvalue weighted by Gasteiger charge is 2.20. The first kappa shape index (κ1) is 16.4. The van der Waals surface area contributed by atoms with Crippen LogP contribution >= 0.6 is 11.6 Å². The Bertz CT molecular complexity index is 655. The average Bonchev–Trinajstić information content (AvgIpc) is 2.87. The van der Waals surface area contributed by atoms with Gasteiger partial charge in [-0.1, -0.05) is 24.6 Å². The quantitative estimate of drug-likeness (QED) is 0.818. The molecule has 2 rings (SSSR count). The van der Waals surface area contributed by atoms with Gasteiger partial charge in [0.15, 0.2) is 5.89 Å². The standard InChI is InChI=1S/C16H19ClN2O3/c1-4-14-18-11(2)15(22-14)16(20)19(3)8-9-21-13-7-5-6-12(17)10-13/h5-7,10H,4,8-9H2,1-3H3. The SMILES string of the molecule is CCc1nc(C)c(C(=O)N(C)CCOc2cccc(Cl)c2)o1. The minimum absolute atomic E-state index is 0.195. The van der Waals surface area contributed by atoms with Crippen molar-refractivity contribution in [3.05, 3.63) is 46.6 Å². The maximum atomic E-state index is 12.3. The summed E-state index contributed by atoms with van der Waals surface area (Å²) >= 11 is 5.89. The second kappa shape index (κ2) is 7.31. The van der Waals surface area contributed by atoms with Gasteiger partial charge in [-0.25, -0.2) is 4.98 Å². The number of likely N-dealkylation sites (N-methyl/N-ethyl adjacent to an activating group) is 1. The maximum Gasteiger partial charge on any atom is 0.291 e. The molecule has 0 N–H and O–H groups in total. The van der Waals surface area contributed by atoms with Gasteiger partial charge in [0.1, 0.15) is 12.4 Å². The molecule has 0 aliphatic heterocycles. The highest BCUT2D eigenvalue weighted by Crippen LogP contribution is 2.17. The van der Waals surface area contributed by atoms with E-state index in [4.69, 9.17) is 20.8 Å². The first-order valence-electron chi connectivity index (χ1n) is 7.11. The molecule has 0 unspecified atom stereocenters. The predicted octanol–water partition coefficient (Wildman–Crippen LogP) is 3.35. The molecule has 0 fully saturated rings. The van der Waals surface area contributed by atoms with Crippen molar-refractivity contribution >= 4 is 17.5 Å². The van der Waals surface area contributed by atoms with E-state index in [1.807, 2.05) is 19.1 Å². The van der Waals surface area contributed by atoms with Gasteiger partial charge in [0.05, 0.1) is 12.2 Å². The van der Waals surface area contributed by atoms with Crippen LogP contribution in [0.5, 0.6) is 5.75 Å². The molecule has 0 saturated heterocycles. The first-order chi connectivity index (χ1) is 10.5. The summed E-state index contributed by atoms with van der Waals surface area (Å²) < 4.78 is 11.0. The Morgan fingerprint density at radius 2 is 2.23 bits per heavy atom. The largest absolute Gasteiger partial charge is 0.492 e. The van der Waals surface area contributed by atoms with Gasteiger partial charge >= 0.3 is 0 Å². The number of aromatic nitrogens is 1. The first-order valence-corrected chi connectivity index (χ1v) is 7.49. The summed E-state index contributed by atoms with van der Waals surface area (Å²) in [6, 6.07) is 7.15. The van der Waals surface area contributed by atoms with Crippen molar-refractivity contribution in [1.82, 2.24) is 9.88 Å². The number of halogens is 1. The molecule has 0 spiro atoms. The Morgan fingerprint density at radius 1 is 1.45 bits per heavy atom. The van der Waals surface area contributed by atoms with Gasteiger partial charge in [-0.2, -0.15) is 0 Å². The summed E-state index contributed by atoms with van der Waals surface area (Å²) in [7, 11) is 1.71. The molecule has 0 radical (unpaired) electrons. The number of carbonyl (C=O) groups is 1. The zero-order valence-electron chi connectivity index (χ0n) is 12.9. The molecule has 118 valence electrons. The van der Waals surface area contributed by atoms with Crippen molar-refractivity contribution in [3.63, 3.8) is 0 Å². The number of benzene rings is 1. The van der Waals surface area contributed by atoms with Gasteiger partial charge in [0.2, 0.25) is 5.76 Å². The molecule has 0 aliphatic carbocycles. The highest BCUT2D eigenvalue weighted by atomic mass is 35.5. The van der Waals surface area contributed by atoms with Crippen LogP contribution in [0.25, 0.3) is 0 Å². The van der Waals surface area contributed by atoms with E-state index in [2.05, 4.69) is 4.98 Å². The lowest BCUT2D eigenvalue weighted by Crippen LogP contribution is -2.31. The Kier molecular flexibility index (Phi) is 5.44. The van der Waals surface area contributed by atoms with Gasteiger partial charge < -0.3 is 14.1 Å². The Morgan fingerprint density at radius 3 is 2.86 bits per heavy atom. The van der Waals surface area contributed by atoms with Crippen LogP contribution in [0.15, 0.2) is 28.7 Å². The van der Waals surface area contributed by atoms with E-state index in [-0.39, 0.29) is 5.91 Å². The van der Waals surface area contributed by atoms with Gasteiger partial charge in [-0.15, -0.1) is 0 Å². The summed E-state index contributed by atoms with van der Waals surface area (Å²) in [6.07, 6.45) is 0.662. The van der Waals surface area contributed by atoms with Crippen molar-refractivity contribution in [2.75, 3.05) is 20.2 Å². The third-order valence-electron chi connectivity index (χ3n) is 3.18. The van der Waals surface area contributed by atoms with Gasteiger partial charge in [-0.3, -0.25) is 4.79 Å². The van der Waals surface area contributed by atoms with Crippen LogP contribution < -0.4 is 4.74 Å². The summed E-state index contributed by atoms with van der Waals surface area (Å²) in [5, 5.41) is 0.617. The third kappa shape index (κ3) is 4.01. The number of hydrogen-bond donors (Lipinski definition) is 0. The van der Waals surface area contributed by atoms with Crippen molar-refractivity contribution in [2.24, 2.45) is 0 Å². The minimum Gasteiger partial charge on any atom is -0.492 e. The van der Waals surface area contributed by atoms with Crippen molar-refractivity contribution < 1.29 is 13.9 Å².